The highest BCUT2D eigenvalue weighted by Gasteiger charge is 2.29. The molecule has 2 N–H and O–H groups in total. The van der Waals surface area contributed by atoms with Crippen LogP contribution in [0.25, 0.3) is 0 Å². The van der Waals surface area contributed by atoms with Gasteiger partial charge in [0.25, 0.3) is 0 Å². The zero-order valence-corrected chi connectivity index (χ0v) is 7.51. The highest BCUT2D eigenvalue weighted by atomic mass is 16.3. The summed E-state index contributed by atoms with van der Waals surface area (Å²) in [5, 5.41) is 12.3. The summed E-state index contributed by atoms with van der Waals surface area (Å²) in [5.74, 6) is 1.45. The van der Waals surface area contributed by atoms with Crippen molar-refractivity contribution < 1.29 is 5.11 Å². The average molecular weight is 157 g/mol. The Morgan fingerprint density at radius 3 is 2.91 bits per heavy atom. The first kappa shape index (κ1) is 9.01. The molecule has 0 aromatic heterocycles. The van der Waals surface area contributed by atoms with Crippen molar-refractivity contribution in [3.05, 3.63) is 0 Å². The summed E-state index contributed by atoms with van der Waals surface area (Å²) in [6.45, 7) is 5.88. The normalized spacial score (nSPS) is 34.1. The van der Waals surface area contributed by atoms with Crippen molar-refractivity contribution in [3.63, 3.8) is 0 Å². The second kappa shape index (κ2) is 4.07. The standard InChI is InChI=1S/C9H19NO/c1-3-7(2)8-4-5-10-9(8)6-11/h7-11H,3-6H2,1-2H3/t7?,8-,9-/m1/s1. The molecule has 0 radical (unpaired) electrons. The summed E-state index contributed by atoms with van der Waals surface area (Å²) in [5.41, 5.74) is 0. The van der Waals surface area contributed by atoms with E-state index in [1.54, 1.807) is 0 Å². The second-order valence-corrected chi connectivity index (χ2v) is 3.58. The first-order valence-corrected chi connectivity index (χ1v) is 4.63. The zero-order valence-electron chi connectivity index (χ0n) is 7.51. The van der Waals surface area contributed by atoms with Crippen molar-refractivity contribution in [1.29, 1.82) is 0 Å². The lowest BCUT2D eigenvalue weighted by atomic mass is 9.86. The lowest BCUT2D eigenvalue weighted by molar-refractivity contribution is 0.197. The minimum atomic E-state index is 0.301. The van der Waals surface area contributed by atoms with Crippen LogP contribution in [0.1, 0.15) is 26.7 Å². The monoisotopic (exact) mass is 157 g/mol. The maximum absolute atomic E-state index is 9.02. The molecule has 2 heteroatoms. The highest BCUT2D eigenvalue weighted by molar-refractivity contribution is 4.85. The predicted octanol–water partition coefficient (Wildman–Crippen LogP) is 1.00. The Labute approximate surface area is 69.0 Å². The van der Waals surface area contributed by atoms with Gasteiger partial charge >= 0.3 is 0 Å². The molecule has 0 amide bonds. The van der Waals surface area contributed by atoms with Gasteiger partial charge in [-0.1, -0.05) is 20.3 Å². The van der Waals surface area contributed by atoms with Gasteiger partial charge < -0.3 is 10.4 Å². The molecule has 3 atom stereocenters. The van der Waals surface area contributed by atoms with Gasteiger partial charge in [-0.05, 0) is 24.8 Å². The quantitative estimate of drug-likeness (QED) is 0.640. The van der Waals surface area contributed by atoms with Gasteiger partial charge in [-0.15, -0.1) is 0 Å². The van der Waals surface area contributed by atoms with Crippen LogP contribution in [-0.2, 0) is 0 Å². The van der Waals surface area contributed by atoms with E-state index in [0.29, 0.717) is 18.6 Å². The molecule has 1 heterocycles. The van der Waals surface area contributed by atoms with Crippen molar-refractivity contribution in [2.75, 3.05) is 13.2 Å². The Kier molecular flexibility index (Phi) is 3.34. The molecule has 11 heavy (non-hydrogen) atoms. The molecule has 0 spiro atoms. The van der Waals surface area contributed by atoms with Crippen molar-refractivity contribution in [1.82, 2.24) is 5.32 Å². The number of hydrogen-bond acceptors (Lipinski definition) is 2. The predicted molar refractivity (Wildman–Crippen MR) is 46.4 cm³/mol. The maximum atomic E-state index is 9.02. The molecule has 0 bridgehead atoms. The second-order valence-electron chi connectivity index (χ2n) is 3.58. The van der Waals surface area contributed by atoms with Crippen LogP contribution in [0.5, 0.6) is 0 Å². The van der Waals surface area contributed by atoms with Crippen LogP contribution < -0.4 is 5.32 Å². The van der Waals surface area contributed by atoms with Crippen LogP contribution in [0, 0.1) is 11.8 Å². The molecule has 1 aliphatic rings. The number of aliphatic hydroxyl groups excluding tert-OH is 1. The van der Waals surface area contributed by atoms with Crippen molar-refractivity contribution in [3.8, 4) is 0 Å². The van der Waals surface area contributed by atoms with Gasteiger partial charge in [0, 0.05) is 6.04 Å². The van der Waals surface area contributed by atoms with Crippen molar-refractivity contribution >= 4 is 0 Å². The third-order valence-electron chi connectivity index (χ3n) is 2.97. The van der Waals surface area contributed by atoms with Gasteiger partial charge in [0.1, 0.15) is 0 Å². The van der Waals surface area contributed by atoms with E-state index in [0.717, 1.165) is 12.5 Å². The molecule has 0 saturated carbocycles. The molecule has 0 aromatic rings. The number of hydrogen-bond donors (Lipinski definition) is 2. The van der Waals surface area contributed by atoms with Gasteiger partial charge in [0.2, 0.25) is 0 Å². The first-order valence-electron chi connectivity index (χ1n) is 4.63. The molecule has 1 rings (SSSR count). The van der Waals surface area contributed by atoms with Crippen LogP contribution in [0.4, 0.5) is 0 Å². The molecule has 0 aromatic carbocycles. The van der Waals surface area contributed by atoms with Gasteiger partial charge in [-0.2, -0.15) is 0 Å². The Morgan fingerprint density at radius 1 is 1.64 bits per heavy atom. The van der Waals surface area contributed by atoms with E-state index in [1.165, 1.54) is 12.8 Å². The van der Waals surface area contributed by atoms with E-state index in [2.05, 4.69) is 19.2 Å². The summed E-state index contributed by atoms with van der Waals surface area (Å²) in [6.07, 6.45) is 2.46. The van der Waals surface area contributed by atoms with E-state index in [4.69, 9.17) is 5.11 Å². The van der Waals surface area contributed by atoms with Gasteiger partial charge in [-0.3, -0.25) is 0 Å². The number of rotatable bonds is 3. The first-order chi connectivity index (χ1) is 5.29. The summed E-state index contributed by atoms with van der Waals surface area (Å²) in [4.78, 5) is 0. The molecular weight excluding hydrogens is 138 g/mol. The SMILES string of the molecule is CCC(C)[C@H]1CCN[C@@H]1CO. The summed E-state index contributed by atoms with van der Waals surface area (Å²) in [7, 11) is 0. The smallest absolute Gasteiger partial charge is 0.0587 e. The summed E-state index contributed by atoms with van der Waals surface area (Å²) in [6, 6.07) is 0.366. The molecular formula is C9H19NO. The van der Waals surface area contributed by atoms with Crippen LogP contribution >= 0.6 is 0 Å². The van der Waals surface area contributed by atoms with Crippen molar-refractivity contribution in [2.24, 2.45) is 11.8 Å². The molecule has 1 fully saturated rings. The minimum absolute atomic E-state index is 0.301. The topological polar surface area (TPSA) is 32.3 Å². The maximum Gasteiger partial charge on any atom is 0.0587 e. The lowest BCUT2D eigenvalue weighted by Gasteiger charge is -2.22. The van der Waals surface area contributed by atoms with Crippen LogP contribution in [-0.4, -0.2) is 24.3 Å². The fraction of sp³-hybridized carbons (Fsp3) is 1.00. The number of nitrogens with one attached hydrogen (secondary N) is 1. The van der Waals surface area contributed by atoms with Gasteiger partial charge in [-0.25, -0.2) is 0 Å². The molecule has 2 nitrogen and oxygen atoms in total. The molecule has 1 aliphatic heterocycles. The third kappa shape index (κ3) is 1.94. The Balaban J connectivity index is 2.42. The Bertz CT molecular complexity index is 116. The highest BCUT2D eigenvalue weighted by Crippen LogP contribution is 2.25. The third-order valence-corrected chi connectivity index (χ3v) is 2.97. The molecule has 0 aliphatic carbocycles. The van der Waals surface area contributed by atoms with Crippen LogP contribution in [0.3, 0.4) is 0 Å². The number of aliphatic hydroxyl groups is 1. The van der Waals surface area contributed by atoms with E-state index in [-0.39, 0.29) is 0 Å². The fourth-order valence-corrected chi connectivity index (χ4v) is 1.97. The van der Waals surface area contributed by atoms with Crippen molar-refractivity contribution in [2.45, 2.75) is 32.7 Å². The summed E-state index contributed by atoms with van der Waals surface area (Å²) >= 11 is 0. The minimum Gasteiger partial charge on any atom is -0.395 e. The van der Waals surface area contributed by atoms with Crippen LogP contribution in [0.15, 0.2) is 0 Å². The van der Waals surface area contributed by atoms with E-state index < -0.39 is 0 Å². The summed E-state index contributed by atoms with van der Waals surface area (Å²) < 4.78 is 0. The van der Waals surface area contributed by atoms with E-state index in [1.807, 2.05) is 0 Å². The van der Waals surface area contributed by atoms with E-state index >= 15 is 0 Å². The Hall–Kier alpha value is -0.0800. The average Bonchev–Trinajstić information content (AvgIpc) is 2.50. The zero-order chi connectivity index (χ0) is 8.27. The largest absolute Gasteiger partial charge is 0.395 e. The van der Waals surface area contributed by atoms with E-state index in [9.17, 15) is 0 Å². The Morgan fingerprint density at radius 2 is 2.36 bits per heavy atom. The molecule has 66 valence electrons. The molecule has 1 unspecified atom stereocenters. The fourth-order valence-electron chi connectivity index (χ4n) is 1.97. The van der Waals surface area contributed by atoms with Crippen LogP contribution in [0.2, 0.25) is 0 Å². The van der Waals surface area contributed by atoms with Gasteiger partial charge in [0.05, 0.1) is 6.61 Å². The lowest BCUT2D eigenvalue weighted by Crippen LogP contribution is -2.33. The van der Waals surface area contributed by atoms with Gasteiger partial charge in [0.15, 0.2) is 0 Å². The molecule has 1 saturated heterocycles.